The van der Waals surface area contributed by atoms with Gasteiger partial charge in [-0.2, -0.15) is 0 Å². The summed E-state index contributed by atoms with van der Waals surface area (Å²) in [6.45, 7) is 10.7. The highest BCUT2D eigenvalue weighted by atomic mass is 16.3. The van der Waals surface area contributed by atoms with Gasteiger partial charge in [-0.3, -0.25) is 4.68 Å². The molecule has 3 N–H and O–H groups in total. The van der Waals surface area contributed by atoms with Crippen molar-refractivity contribution in [2.75, 3.05) is 6.61 Å². The van der Waals surface area contributed by atoms with Crippen molar-refractivity contribution in [1.82, 2.24) is 25.6 Å². The first-order chi connectivity index (χ1) is 9.80. The molecule has 1 aromatic heterocycles. The van der Waals surface area contributed by atoms with Crippen molar-refractivity contribution in [2.24, 2.45) is 0 Å². The van der Waals surface area contributed by atoms with E-state index < -0.39 is 0 Å². The highest BCUT2D eigenvalue weighted by molar-refractivity contribution is 5.01. The Morgan fingerprint density at radius 2 is 2.00 bits per heavy atom. The third kappa shape index (κ3) is 5.05. The standard InChI is InChI=1S/C15H29N5O/c1-14(2)8-12(9-15(3,4)18-14)16-10-13-11-20(19-17-13)6-5-7-21/h11-12,16,18,21H,5-10H2,1-4H3. The van der Waals surface area contributed by atoms with E-state index in [9.17, 15) is 0 Å². The Morgan fingerprint density at radius 1 is 1.33 bits per heavy atom. The monoisotopic (exact) mass is 295 g/mol. The highest BCUT2D eigenvalue weighted by Crippen LogP contribution is 2.28. The number of piperidine rings is 1. The van der Waals surface area contributed by atoms with Gasteiger partial charge in [0.2, 0.25) is 0 Å². The van der Waals surface area contributed by atoms with Gasteiger partial charge in [0.05, 0.1) is 5.69 Å². The normalized spacial score (nSPS) is 21.6. The SMILES string of the molecule is CC1(C)CC(NCc2cn(CCCO)nn2)CC(C)(C)N1. The summed E-state index contributed by atoms with van der Waals surface area (Å²) in [6, 6.07) is 0.485. The average Bonchev–Trinajstić information content (AvgIpc) is 2.78. The fourth-order valence-corrected chi connectivity index (χ4v) is 3.48. The third-order valence-electron chi connectivity index (χ3n) is 3.89. The second kappa shape index (κ2) is 6.42. The number of aliphatic hydroxyl groups excluding tert-OH is 1. The zero-order chi connectivity index (χ0) is 15.5. The molecule has 1 aliphatic heterocycles. The lowest BCUT2D eigenvalue weighted by Gasteiger charge is -2.46. The van der Waals surface area contributed by atoms with Gasteiger partial charge in [0, 0.05) is 43.0 Å². The van der Waals surface area contributed by atoms with Crippen molar-refractivity contribution in [2.45, 2.75) is 77.2 Å². The van der Waals surface area contributed by atoms with Gasteiger partial charge in [-0.15, -0.1) is 5.10 Å². The summed E-state index contributed by atoms with van der Waals surface area (Å²) < 4.78 is 1.80. The lowest BCUT2D eigenvalue weighted by Crippen LogP contribution is -2.61. The van der Waals surface area contributed by atoms with Gasteiger partial charge >= 0.3 is 0 Å². The molecule has 1 fully saturated rings. The van der Waals surface area contributed by atoms with Crippen molar-refractivity contribution in [1.29, 1.82) is 0 Å². The van der Waals surface area contributed by atoms with E-state index in [-0.39, 0.29) is 17.7 Å². The minimum atomic E-state index is 0.151. The fraction of sp³-hybridized carbons (Fsp3) is 0.867. The van der Waals surface area contributed by atoms with Gasteiger partial charge in [-0.05, 0) is 47.0 Å². The van der Waals surface area contributed by atoms with Crippen LogP contribution in [0.1, 0.15) is 52.7 Å². The molecule has 0 amide bonds. The number of aliphatic hydroxyl groups is 1. The lowest BCUT2D eigenvalue weighted by atomic mass is 9.79. The molecule has 21 heavy (non-hydrogen) atoms. The predicted molar refractivity (Wildman–Crippen MR) is 82.9 cm³/mol. The van der Waals surface area contributed by atoms with Crippen LogP contribution in [0.15, 0.2) is 6.20 Å². The Morgan fingerprint density at radius 3 is 2.62 bits per heavy atom. The van der Waals surface area contributed by atoms with Crippen molar-refractivity contribution < 1.29 is 5.11 Å². The predicted octanol–water partition coefficient (Wildman–Crippen LogP) is 1.06. The quantitative estimate of drug-likeness (QED) is 0.732. The van der Waals surface area contributed by atoms with Crippen LogP contribution in [0.2, 0.25) is 0 Å². The van der Waals surface area contributed by atoms with E-state index in [0.717, 1.165) is 31.6 Å². The van der Waals surface area contributed by atoms with E-state index in [1.165, 1.54) is 0 Å². The second-order valence-electron chi connectivity index (χ2n) is 7.43. The van der Waals surface area contributed by atoms with Gasteiger partial charge < -0.3 is 15.7 Å². The Kier molecular flexibility index (Phi) is 5.01. The molecule has 0 spiro atoms. The van der Waals surface area contributed by atoms with Crippen molar-refractivity contribution in [3.63, 3.8) is 0 Å². The number of aromatic nitrogens is 3. The maximum absolute atomic E-state index is 8.83. The summed E-state index contributed by atoms with van der Waals surface area (Å²) in [7, 11) is 0. The molecule has 0 atom stereocenters. The molecular formula is C15H29N5O. The van der Waals surface area contributed by atoms with Crippen LogP contribution in [-0.4, -0.2) is 43.8 Å². The molecule has 2 rings (SSSR count). The molecule has 0 saturated carbocycles. The third-order valence-corrected chi connectivity index (χ3v) is 3.89. The van der Waals surface area contributed by atoms with E-state index in [1.807, 2.05) is 6.20 Å². The van der Waals surface area contributed by atoms with Crippen LogP contribution in [0.25, 0.3) is 0 Å². The van der Waals surface area contributed by atoms with Gasteiger partial charge in [-0.1, -0.05) is 5.21 Å². The van der Waals surface area contributed by atoms with Crippen LogP contribution in [0.4, 0.5) is 0 Å². The number of nitrogens with one attached hydrogen (secondary N) is 2. The topological polar surface area (TPSA) is 75.0 Å². The van der Waals surface area contributed by atoms with Gasteiger partial charge in [-0.25, -0.2) is 0 Å². The zero-order valence-electron chi connectivity index (χ0n) is 13.7. The zero-order valence-corrected chi connectivity index (χ0v) is 13.7. The number of aryl methyl sites for hydroxylation is 1. The molecule has 1 saturated heterocycles. The first-order valence-electron chi connectivity index (χ1n) is 7.82. The number of rotatable bonds is 6. The van der Waals surface area contributed by atoms with E-state index >= 15 is 0 Å². The first-order valence-corrected chi connectivity index (χ1v) is 7.82. The Balaban J connectivity index is 1.86. The van der Waals surface area contributed by atoms with Gasteiger partial charge in [0.25, 0.3) is 0 Å². The molecule has 0 aromatic carbocycles. The van der Waals surface area contributed by atoms with Crippen LogP contribution in [0.5, 0.6) is 0 Å². The van der Waals surface area contributed by atoms with E-state index in [2.05, 4.69) is 48.6 Å². The lowest BCUT2D eigenvalue weighted by molar-refractivity contribution is 0.145. The van der Waals surface area contributed by atoms with Crippen molar-refractivity contribution in [3.8, 4) is 0 Å². The van der Waals surface area contributed by atoms with E-state index in [4.69, 9.17) is 5.11 Å². The summed E-state index contributed by atoms with van der Waals surface area (Å²) in [5, 5.41) is 24.4. The molecule has 6 nitrogen and oxygen atoms in total. The van der Waals surface area contributed by atoms with Crippen LogP contribution >= 0.6 is 0 Å². The molecular weight excluding hydrogens is 266 g/mol. The van der Waals surface area contributed by atoms with Crippen LogP contribution < -0.4 is 10.6 Å². The van der Waals surface area contributed by atoms with Crippen molar-refractivity contribution >= 4 is 0 Å². The van der Waals surface area contributed by atoms with Crippen LogP contribution in [0, 0.1) is 0 Å². The average molecular weight is 295 g/mol. The molecule has 1 aliphatic rings. The minimum Gasteiger partial charge on any atom is -0.396 e. The molecule has 1 aromatic rings. The summed E-state index contributed by atoms with van der Waals surface area (Å²) in [5.74, 6) is 0. The second-order valence-corrected chi connectivity index (χ2v) is 7.43. The molecule has 0 unspecified atom stereocenters. The Hall–Kier alpha value is -0.980. The smallest absolute Gasteiger partial charge is 0.0964 e. The Bertz CT molecular complexity index is 439. The fourth-order valence-electron chi connectivity index (χ4n) is 3.48. The largest absolute Gasteiger partial charge is 0.396 e. The maximum Gasteiger partial charge on any atom is 0.0964 e. The summed E-state index contributed by atoms with van der Waals surface area (Å²) >= 11 is 0. The molecule has 120 valence electrons. The number of hydrogen-bond acceptors (Lipinski definition) is 5. The van der Waals surface area contributed by atoms with E-state index in [1.54, 1.807) is 4.68 Å². The molecule has 2 heterocycles. The highest BCUT2D eigenvalue weighted by Gasteiger charge is 2.37. The van der Waals surface area contributed by atoms with Gasteiger partial charge in [0.15, 0.2) is 0 Å². The van der Waals surface area contributed by atoms with Crippen LogP contribution in [-0.2, 0) is 13.1 Å². The molecule has 6 heteroatoms. The molecule has 0 radical (unpaired) electrons. The number of nitrogens with zero attached hydrogens (tertiary/aromatic N) is 3. The maximum atomic E-state index is 8.83. The van der Waals surface area contributed by atoms with E-state index in [0.29, 0.717) is 12.5 Å². The summed E-state index contributed by atoms with van der Waals surface area (Å²) in [6.07, 6.45) is 4.89. The molecule has 0 bridgehead atoms. The number of hydrogen-bond donors (Lipinski definition) is 3. The van der Waals surface area contributed by atoms with Crippen LogP contribution in [0.3, 0.4) is 0 Å². The minimum absolute atomic E-state index is 0.151. The molecule has 0 aliphatic carbocycles. The van der Waals surface area contributed by atoms with Crippen molar-refractivity contribution in [3.05, 3.63) is 11.9 Å². The summed E-state index contributed by atoms with van der Waals surface area (Å²) in [5.41, 5.74) is 1.26. The van der Waals surface area contributed by atoms with Gasteiger partial charge in [0.1, 0.15) is 0 Å². The first kappa shape index (κ1) is 16.4. The summed E-state index contributed by atoms with van der Waals surface area (Å²) in [4.78, 5) is 0. The Labute approximate surface area is 127 Å².